The zero-order valence-electron chi connectivity index (χ0n) is 18.7. The number of ketones is 1. The molecular weight excluding hydrogens is 416 g/mol. The monoisotopic (exact) mass is 444 g/mol. The molecule has 31 heavy (non-hydrogen) atoms. The van der Waals surface area contributed by atoms with Crippen LogP contribution in [0, 0.1) is 5.41 Å². The summed E-state index contributed by atoms with van der Waals surface area (Å²) < 4.78 is 18.5. The average Bonchev–Trinajstić information content (AvgIpc) is 3.12. The Balaban J connectivity index is 1.96. The molecule has 8 nitrogen and oxygen atoms in total. The van der Waals surface area contributed by atoms with Gasteiger partial charge in [0.05, 0.1) is 21.3 Å². The smallest absolute Gasteiger partial charge is 0.227 e. The lowest BCUT2D eigenvalue weighted by Gasteiger charge is -2.38. The van der Waals surface area contributed by atoms with Gasteiger partial charge in [-0.1, -0.05) is 32.5 Å². The van der Waals surface area contributed by atoms with E-state index in [4.69, 9.17) is 19.3 Å². The van der Waals surface area contributed by atoms with Crippen LogP contribution in [-0.2, 0) is 4.79 Å². The number of nitrogens with zero attached hydrogens (tertiary/aromatic N) is 3. The molecule has 1 N–H and O–H groups in total. The molecule has 1 atom stereocenters. The van der Waals surface area contributed by atoms with E-state index in [-0.39, 0.29) is 11.2 Å². The van der Waals surface area contributed by atoms with E-state index in [0.29, 0.717) is 40.3 Å². The molecule has 0 amide bonds. The zero-order valence-corrected chi connectivity index (χ0v) is 19.6. The molecule has 2 aromatic rings. The van der Waals surface area contributed by atoms with E-state index in [2.05, 4.69) is 31.1 Å². The number of hydrogen-bond donors (Lipinski definition) is 1. The van der Waals surface area contributed by atoms with Gasteiger partial charge in [0.2, 0.25) is 11.1 Å². The maximum Gasteiger partial charge on any atom is 0.227 e. The molecule has 2 heterocycles. The summed E-state index contributed by atoms with van der Waals surface area (Å²) >= 11 is 1.56. The molecule has 4 rings (SSSR count). The van der Waals surface area contributed by atoms with Crippen molar-refractivity contribution >= 4 is 23.5 Å². The average molecular weight is 445 g/mol. The zero-order chi connectivity index (χ0) is 22.3. The van der Waals surface area contributed by atoms with E-state index in [1.807, 2.05) is 6.07 Å². The molecular formula is C22H28N4O4S. The first-order chi connectivity index (χ1) is 14.8. The van der Waals surface area contributed by atoms with Crippen molar-refractivity contribution < 1.29 is 19.0 Å². The maximum absolute atomic E-state index is 13.4. The highest BCUT2D eigenvalue weighted by Gasteiger charge is 2.43. The van der Waals surface area contributed by atoms with Crippen molar-refractivity contribution in [2.75, 3.05) is 32.4 Å². The van der Waals surface area contributed by atoms with Crippen LogP contribution in [-0.4, -0.2) is 47.6 Å². The van der Waals surface area contributed by atoms with E-state index in [9.17, 15) is 4.79 Å². The van der Waals surface area contributed by atoms with Crippen LogP contribution in [0.4, 0.5) is 5.95 Å². The summed E-state index contributed by atoms with van der Waals surface area (Å²) in [5, 5.41) is 8.78. The number of benzene rings is 1. The number of hydrogen-bond acceptors (Lipinski definition) is 8. The second-order valence-corrected chi connectivity index (χ2v) is 9.64. The molecule has 0 saturated carbocycles. The number of aromatic nitrogens is 3. The van der Waals surface area contributed by atoms with Gasteiger partial charge in [-0.05, 0) is 23.7 Å². The van der Waals surface area contributed by atoms with Gasteiger partial charge in [-0.25, -0.2) is 4.68 Å². The number of anilines is 1. The van der Waals surface area contributed by atoms with Gasteiger partial charge in [0.15, 0.2) is 17.3 Å². The largest absolute Gasteiger partial charge is 0.496 e. The molecule has 0 radical (unpaired) electrons. The van der Waals surface area contributed by atoms with Crippen molar-refractivity contribution in [2.24, 2.45) is 5.41 Å². The standard InChI is InChI=1S/C22H28N4O4S/c1-7-31-21-24-20-23-13-10-22(2,3)11-14(27)18(13)19(26(20)25-21)12-8-16(29-5)17(30-6)9-15(12)28-4/h8-9,19H,7,10-11H2,1-6H3,(H,23,24,25). The van der Waals surface area contributed by atoms with Crippen molar-refractivity contribution in [1.82, 2.24) is 14.8 Å². The van der Waals surface area contributed by atoms with Crippen LogP contribution in [0.1, 0.15) is 45.2 Å². The van der Waals surface area contributed by atoms with E-state index in [0.717, 1.165) is 23.4 Å². The van der Waals surface area contributed by atoms with Gasteiger partial charge in [-0.3, -0.25) is 4.79 Å². The lowest BCUT2D eigenvalue weighted by atomic mass is 9.73. The highest BCUT2D eigenvalue weighted by Crippen LogP contribution is 2.49. The van der Waals surface area contributed by atoms with Crippen LogP contribution in [0.5, 0.6) is 17.2 Å². The molecule has 0 fully saturated rings. The lowest BCUT2D eigenvalue weighted by Crippen LogP contribution is -2.36. The lowest BCUT2D eigenvalue weighted by molar-refractivity contribution is -0.118. The third-order valence-electron chi connectivity index (χ3n) is 5.62. The Labute approximate surface area is 186 Å². The molecule has 1 unspecified atom stereocenters. The minimum atomic E-state index is -0.469. The maximum atomic E-state index is 13.4. The van der Waals surface area contributed by atoms with E-state index >= 15 is 0 Å². The highest BCUT2D eigenvalue weighted by molar-refractivity contribution is 7.99. The minimum absolute atomic E-state index is 0.103. The predicted octanol–water partition coefficient (Wildman–Crippen LogP) is 4.07. The Morgan fingerprint density at radius 2 is 1.81 bits per heavy atom. The van der Waals surface area contributed by atoms with Gasteiger partial charge in [0.1, 0.15) is 11.8 Å². The molecule has 1 aliphatic heterocycles. The summed E-state index contributed by atoms with van der Waals surface area (Å²) in [6, 6.07) is 3.18. The number of rotatable bonds is 6. The second-order valence-electron chi connectivity index (χ2n) is 8.41. The Hall–Kier alpha value is -2.68. The number of ether oxygens (including phenoxy) is 3. The van der Waals surface area contributed by atoms with E-state index in [1.54, 1.807) is 43.8 Å². The molecule has 1 aromatic heterocycles. The molecule has 9 heteroatoms. The Morgan fingerprint density at radius 3 is 2.45 bits per heavy atom. The Bertz CT molecular complexity index is 1060. The number of methoxy groups -OCH3 is 3. The molecule has 0 saturated heterocycles. The van der Waals surface area contributed by atoms with Gasteiger partial charge in [-0.15, -0.1) is 5.10 Å². The van der Waals surface area contributed by atoms with E-state index in [1.165, 1.54) is 0 Å². The number of allylic oxidation sites excluding steroid dienone is 2. The fraction of sp³-hybridized carbons (Fsp3) is 0.500. The van der Waals surface area contributed by atoms with Gasteiger partial charge < -0.3 is 19.5 Å². The number of fused-ring (bicyclic) bond motifs is 1. The molecule has 1 aromatic carbocycles. The summed E-state index contributed by atoms with van der Waals surface area (Å²) in [5.74, 6) is 3.30. The first-order valence-electron chi connectivity index (χ1n) is 10.2. The number of thioether (sulfide) groups is 1. The third kappa shape index (κ3) is 3.75. The summed E-state index contributed by atoms with van der Waals surface area (Å²) in [7, 11) is 4.78. The number of carbonyl (C=O) groups excluding carboxylic acids is 1. The SMILES string of the molecule is CCSc1nc2n(n1)C(c1cc(OC)c(OC)cc1OC)C1=C(CC(C)(C)CC1=O)N2. The Kier molecular flexibility index (Phi) is 5.63. The summed E-state index contributed by atoms with van der Waals surface area (Å²) in [4.78, 5) is 18.1. The number of nitrogens with one attached hydrogen (secondary N) is 1. The fourth-order valence-electron chi connectivity index (χ4n) is 4.33. The minimum Gasteiger partial charge on any atom is -0.496 e. The molecule has 0 spiro atoms. The first-order valence-corrected chi connectivity index (χ1v) is 11.2. The first kappa shape index (κ1) is 21.5. The van der Waals surface area contributed by atoms with Crippen molar-refractivity contribution in [3.8, 4) is 17.2 Å². The molecule has 2 aliphatic rings. The molecule has 1 aliphatic carbocycles. The van der Waals surface area contributed by atoms with Gasteiger partial charge in [-0.2, -0.15) is 4.98 Å². The fourth-order valence-corrected chi connectivity index (χ4v) is 4.89. The van der Waals surface area contributed by atoms with Crippen molar-refractivity contribution in [3.05, 3.63) is 29.0 Å². The summed E-state index contributed by atoms with van der Waals surface area (Å²) in [5.41, 5.74) is 2.26. The second kappa shape index (κ2) is 8.11. The van der Waals surface area contributed by atoms with Crippen LogP contribution in [0.3, 0.4) is 0 Å². The number of Topliss-reactive ketones (excluding diaryl/α,β-unsaturated/α-hetero) is 1. The molecule has 166 valence electrons. The van der Waals surface area contributed by atoms with Crippen molar-refractivity contribution in [1.29, 1.82) is 0 Å². The predicted molar refractivity (Wildman–Crippen MR) is 119 cm³/mol. The van der Waals surface area contributed by atoms with Gasteiger partial charge in [0, 0.05) is 29.3 Å². The van der Waals surface area contributed by atoms with Crippen LogP contribution >= 0.6 is 11.8 Å². The van der Waals surface area contributed by atoms with Crippen LogP contribution < -0.4 is 19.5 Å². The summed E-state index contributed by atoms with van der Waals surface area (Å²) in [6.07, 6.45) is 1.23. The van der Waals surface area contributed by atoms with Crippen LogP contribution in [0.25, 0.3) is 0 Å². The third-order valence-corrected chi connectivity index (χ3v) is 6.34. The molecule has 0 bridgehead atoms. The van der Waals surface area contributed by atoms with Crippen LogP contribution in [0.15, 0.2) is 28.6 Å². The van der Waals surface area contributed by atoms with Crippen molar-refractivity contribution in [3.63, 3.8) is 0 Å². The quantitative estimate of drug-likeness (QED) is 0.667. The number of carbonyl (C=O) groups is 1. The topological polar surface area (TPSA) is 87.5 Å². The highest BCUT2D eigenvalue weighted by atomic mass is 32.2. The summed E-state index contributed by atoms with van der Waals surface area (Å²) in [6.45, 7) is 6.28. The van der Waals surface area contributed by atoms with E-state index < -0.39 is 6.04 Å². The normalized spacial score (nSPS) is 19.4. The Morgan fingerprint density at radius 1 is 1.13 bits per heavy atom. The van der Waals surface area contributed by atoms with Gasteiger partial charge >= 0.3 is 0 Å². The van der Waals surface area contributed by atoms with Gasteiger partial charge in [0.25, 0.3) is 0 Å². The van der Waals surface area contributed by atoms with Crippen LogP contribution in [0.2, 0.25) is 0 Å². The van der Waals surface area contributed by atoms with Crippen molar-refractivity contribution in [2.45, 2.75) is 44.8 Å².